The highest BCUT2D eigenvalue weighted by Crippen LogP contribution is 2.34. The summed E-state index contributed by atoms with van der Waals surface area (Å²) in [5.74, 6) is 0.561. The van der Waals surface area contributed by atoms with E-state index in [0.717, 1.165) is 0 Å². The minimum absolute atomic E-state index is 0.181. The molecule has 3 heterocycles. The SMILES string of the molecule is CC(C)(C)c1csc(C(C)(C)C)c1.CC(C)(C)c1csc(C(C)(C)C)n1.CC(C)c1nc(C(C)(C)C)cs1. The predicted molar refractivity (Wildman–Crippen MR) is 176 cm³/mol. The molecule has 38 heavy (non-hydrogen) atoms. The first-order valence-electron chi connectivity index (χ1n) is 13.9. The second kappa shape index (κ2) is 12.6. The van der Waals surface area contributed by atoms with Crippen LogP contribution in [0.25, 0.3) is 0 Å². The van der Waals surface area contributed by atoms with E-state index in [1.807, 2.05) is 11.3 Å². The molecule has 0 atom stereocenters. The van der Waals surface area contributed by atoms with E-state index in [1.165, 1.54) is 31.8 Å². The Morgan fingerprint density at radius 2 is 1.00 bits per heavy atom. The number of hydrogen-bond acceptors (Lipinski definition) is 5. The van der Waals surface area contributed by atoms with Gasteiger partial charge in [0.25, 0.3) is 0 Å². The molecular weight excluding hydrogens is 521 g/mol. The van der Waals surface area contributed by atoms with Crippen LogP contribution in [0, 0.1) is 0 Å². The highest BCUT2D eigenvalue weighted by atomic mass is 32.1. The third-order valence-electron chi connectivity index (χ3n) is 5.90. The molecule has 3 aromatic heterocycles. The van der Waals surface area contributed by atoms with Crippen molar-refractivity contribution in [3.63, 3.8) is 0 Å². The molecule has 0 aliphatic heterocycles. The molecular formula is C33H56N2S3. The molecule has 5 heteroatoms. The average molecular weight is 577 g/mol. The van der Waals surface area contributed by atoms with E-state index in [1.54, 1.807) is 22.7 Å². The zero-order valence-corrected chi connectivity index (χ0v) is 30.0. The minimum atomic E-state index is 0.181. The Morgan fingerprint density at radius 1 is 0.526 bits per heavy atom. The molecule has 0 N–H and O–H groups in total. The summed E-state index contributed by atoms with van der Waals surface area (Å²) in [5.41, 5.74) is 5.05. The van der Waals surface area contributed by atoms with Gasteiger partial charge in [-0.2, -0.15) is 0 Å². The zero-order valence-electron chi connectivity index (χ0n) is 27.5. The topological polar surface area (TPSA) is 25.8 Å². The summed E-state index contributed by atoms with van der Waals surface area (Å²) >= 11 is 5.43. The normalized spacial score (nSPS) is 13.1. The molecule has 216 valence electrons. The van der Waals surface area contributed by atoms with Gasteiger partial charge in [0.05, 0.1) is 21.4 Å². The molecule has 0 amide bonds. The van der Waals surface area contributed by atoms with Crippen LogP contribution in [0.5, 0.6) is 0 Å². The summed E-state index contributed by atoms with van der Waals surface area (Å²) in [7, 11) is 0. The van der Waals surface area contributed by atoms with Crippen molar-refractivity contribution >= 4 is 34.0 Å². The lowest BCUT2D eigenvalue weighted by atomic mass is 9.87. The number of nitrogens with zero attached hydrogens (tertiary/aromatic N) is 2. The van der Waals surface area contributed by atoms with Crippen LogP contribution in [-0.2, 0) is 27.1 Å². The van der Waals surface area contributed by atoms with Crippen LogP contribution in [0.15, 0.2) is 22.2 Å². The first kappa shape index (κ1) is 35.0. The summed E-state index contributed by atoms with van der Waals surface area (Å²) in [6.45, 7) is 37.8. The van der Waals surface area contributed by atoms with E-state index in [4.69, 9.17) is 0 Å². The van der Waals surface area contributed by atoms with Crippen LogP contribution in [0.4, 0.5) is 0 Å². The first-order valence-corrected chi connectivity index (χ1v) is 16.5. The summed E-state index contributed by atoms with van der Waals surface area (Å²) in [4.78, 5) is 10.8. The van der Waals surface area contributed by atoms with Crippen LogP contribution >= 0.6 is 34.0 Å². The van der Waals surface area contributed by atoms with Crippen molar-refractivity contribution in [2.45, 2.75) is 151 Å². The molecule has 0 aliphatic rings. The molecule has 3 aromatic rings. The van der Waals surface area contributed by atoms with Crippen molar-refractivity contribution in [2.24, 2.45) is 0 Å². The maximum Gasteiger partial charge on any atom is 0.0982 e. The molecule has 0 spiro atoms. The Bertz CT molecular complexity index is 990. The highest BCUT2D eigenvalue weighted by Gasteiger charge is 2.23. The average Bonchev–Trinajstić information content (AvgIpc) is 3.46. The van der Waals surface area contributed by atoms with Gasteiger partial charge in [0.2, 0.25) is 0 Å². The van der Waals surface area contributed by atoms with Crippen molar-refractivity contribution in [2.75, 3.05) is 0 Å². The fourth-order valence-corrected chi connectivity index (χ4v) is 6.40. The Balaban J connectivity index is 0.000000285. The Morgan fingerprint density at radius 3 is 1.24 bits per heavy atom. The molecule has 3 rings (SSSR count). The van der Waals surface area contributed by atoms with E-state index >= 15 is 0 Å². The van der Waals surface area contributed by atoms with Crippen LogP contribution in [0.2, 0.25) is 0 Å². The largest absolute Gasteiger partial charge is 0.245 e. The second-order valence-electron chi connectivity index (χ2n) is 15.7. The molecule has 0 saturated carbocycles. The summed E-state index contributed by atoms with van der Waals surface area (Å²) in [6.07, 6.45) is 0. The van der Waals surface area contributed by atoms with Gasteiger partial charge in [0.15, 0.2) is 0 Å². The van der Waals surface area contributed by atoms with Gasteiger partial charge in [-0.3, -0.25) is 0 Å². The van der Waals surface area contributed by atoms with Crippen LogP contribution < -0.4 is 0 Å². The number of thiazole rings is 2. The van der Waals surface area contributed by atoms with Crippen molar-refractivity contribution < 1.29 is 0 Å². The molecule has 0 radical (unpaired) electrons. The van der Waals surface area contributed by atoms with E-state index in [0.29, 0.717) is 16.7 Å². The van der Waals surface area contributed by atoms with Gasteiger partial charge < -0.3 is 0 Å². The third-order valence-corrected chi connectivity index (χ3v) is 9.67. The van der Waals surface area contributed by atoms with Crippen LogP contribution in [0.1, 0.15) is 155 Å². The lowest BCUT2D eigenvalue weighted by Gasteiger charge is -2.18. The van der Waals surface area contributed by atoms with Gasteiger partial charge in [0, 0.05) is 37.8 Å². The Labute approximate surface area is 247 Å². The summed E-state index contributed by atoms with van der Waals surface area (Å²) in [6, 6.07) is 2.35. The van der Waals surface area contributed by atoms with E-state index in [-0.39, 0.29) is 16.2 Å². The van der Waals surface area contributed by atoms with Gasteiger partial charge in [-0.05, 0) is 27.8 Å². The van der Waals surface area contributed by atoms with Crippen LogP contribution in [0.3, 0.4) is 0 Å². The fourth-order valence-electron chi connectivity index (χ4n) is 2.98. The Kier molecular flexibility index (Phi) is 11.6. The van der Waals surface area contributed by atoms with Gasteiger partial charge in [0.1, 0.15) is 0 Å². The molecule has 0 unspecified atom stereocenters. The number of aromatic nitrogens is 2. The molecule has 0 aliphatic carbocycles. The van der Waals surface area contributed by atoms with E-state index < -0.39 is 0 Å². The van der Waals surface area contributed by atoms with E-state index in [9.17, 15) is 0 Å². The van der Waals surface area contributed by atoms with Gasteiger partial charge in [-0.25, -0.2) is 9.97 Å². The number of rotatable bonds is 1. The summed E-state index contributed by atoms with van der Waals surface area (Å²) in [5, 5.41) is 9.13. The monoisotopic (exact) mass is 576 g/mol. The molecule has 0 saturated heterocycles. The molecule has 0 bridgehead atoms. The zero-order chi connectivity index (χ0) is 29.9. The standard InChI is InChI=1S/C12H20S.C11H19NS.C10H17NS/c1-11(2,3)9-7-10(13-8-9)12(4,5)6;1-10(2,3)8-7-13-9(12-8)11(4,5)6;1-7(2)9-11-8(6-12-9)10(3,4)5/h7-8H,1-6H3;7H,1-6H3;6-7H,1-5H3. The van der Waals surface area contributed by atoms with Crippen LogP contribution in [-0.4, -0.2) is 9.97 Å². The van der Waals surface area contributed by atoms with Crippen molar-refractivity contribution in [1.82, 2.24) is 9.97 Å². The minimum Gasteiger partial charge on any atom is -0.245 e. The van der Waals surface area contributed by atoms with Gasteiger partial charge >= 0.3 is 0 Å². The first-order chi connectivity index (χ1) is 16.8. The third kappa shape index (κ3) is 11.2. The fraction of sp³-hybridized carbons (Fsp3) is 0.697. The Hall–Kier alpha value is -1.04. The summed E-state index contributed by atoms with van der Waals surface area (Å²) < 4.78 is 0. The van der Waals surface area contributed by atoms with Crippen molar-refractivity contribution in [3.8, 4) is 0 Å². The number of thiophene rings is 1. The number of hydrogen-bond donors (Lipinski definition) is 0. The maximum absolute atomic E-state index is 4.67. The smallest absolute Gasteiger partial charge is 0.0982 e. The van der Waals surface area contributed by atoms with Gasteiger partial charge in [-0.15, -0.1) is 34.0 Å². The van der Waals surface area contributed by atoms with Crippen molar-refractivity contribution in [3.05, 3.63) is 54.1 Å². The quantitative estimate of drug-likeness (QED) is 0.288. The highest BCUT2D eigenvalue weighted by molar-refractivity contribution is 7.10. The maximum atomic E-state index is 4.67. The lowest BCUT2D eigenvalue weighted by molar-refractivity contribution is 0.547. The van der Waals surface area contributed by atoms with Crippen molar-refractivity contribution in [1.29, 1.82) is 0 Å². The predicted octanol–water partition coefficient (Wildman–Crippen LogP) is 11.6. The molecule has 0 aromatic carbocycles. The molecule has 0 fully saturated rings. The molecule has 2 nitrogen and oxygen atoms in total. The van der Waals surface area contributed by atoms with E-state index in [2.05, 4.69) is 150 Å². The van der Waals surface area contributed by atoms with Gasteiger partial charge in [-0.1, -0.05) is 118 Å². The lowest BCUT2D eigenvalue weighted by Crippen LogP contribution is -2.15. The second-order valence-corrected chi connectivity index (χ2v) is 18.4.